The molecule has 0 spiro atoms. The quantitative estimate of drug-likeness (QED) is 0.698. The van der Waals surface area contributed by atoms with E-state index in [4.69, 9.17) is 20.2 Å². The second-order valence-corrected chi connectivity index (χ2v) is 6.41. The smallest absolute Gasteiger partial charge is 0.219 e. The fourth-order valence-corrected chi connectivity index (χ4v) is 3.35. The lowest BCUT2D eigenvalue weighted by molar-refractivity contribution is -0.0218. The number of nitrogen functional groups attached to an aromatic ring is 1. The second kappa shape index (κ2) is 7.87. The van der Waals surface area contributed by atoms with E-state index < -0.39 is 6.29 Å². The number of anilines is 1. The number of nitrogens with two attached hydrogens (primary N) is 1. The fourth-order valence-electron chi connectivity index (χ4n) is 3.35. The van der Waals surface area contributed by atoms with Gasteiger partial charge in [-0.3, -0.25) is 4.90 Å². The molecule has 0 amide bonds. The predicted octanol–water partition coefficient (Wildman–Crippen LogP) is -0.566. The molecule has 4 heterocycles. The first-order valence-corrected chi connectivity index (χ1v) is 8.97. The molecule has 4 rings (SSSR count). The fraction of sp³-hybridized carbons (Fsp3) is 0.529. The number of aliphatic imine (C=N–C) groups is 1. The summed E-state index contributed by atoms with van der Waals surface area (Å²) in [5.74, 6) is 1.04. The Kier molecular flexibility index (Phi) is 5.15. The monoisotopic (exact) mass is 370 g/mol. The summed E-state index contributed by atoms with van der Waals surface area (Å²) in [5, 5.41) is 9.90. The van der Waals surface area contributed by atoms with Crippen molar-refractivity contribution in [1.29, 1.82) is 5.26 Å². The summed E-state index contributed by atoms with van der Waals surface area (Å²) in [5.41, 5.74) is 7.12. The Hall–Kier alpha value is -2.74. The van der Waals surface area contributed by atoms with Gasteiger partial charge in [-0.05, 0) is 0 Å². The van der Waals surface area contributed by atoms with Crippen molar-refractivity contribution in [2.24, 2.45) is 4.99 Å². The Morgan fingerprint density at radius 2 is 1.67 bits per heavy atom. The molecule has 1 aromatic rings. The Labute approximate surface area is 157 Å². The van der Waals surface area contributed by atoms with Gasteiger partial charge in [-0.15, -0.1) is 0 Å². The molecule has 142 valence electrons. The van der Waals surface area contributed by atoms with Crippen molar-refractivity contribution >= 4 is 11.7 Å². The van der Waals surface area contributed by atoms with E-state index in [1.54, 1.807) is 17.3 Å². The van der Waals surface area contributed by atoms with Crippen molar-refractivity contribution in [3.8, 4) is 6.19 Å². The minimum Gasteiger partial charge on any atom is -0.379 e. The molecule has 3 aliphatic rings. The van der Waals surface area contributed by atoms with Crippen LogP contribution in [0.4, 0.5) is 5.95 Å². The van der Waals surface area contributed by atoms with Crippen LogP contribution < -0.4 is 5.73 Å². The third-order valence-electron chi connectivity index (χ3n) is 4.78. The Bertz CT molecular complexity index is 760. The lowest BCUT2D eigenvalue weighted by Gasteiger charge is -2.43. The van der Waals surface area contributed by atoms with Crippen LogP contribution in [0.2, 0.25) is 0 Å². The summed E-state index contributed by atoms with van der Waals surface area (Å²) in [6.45, 7) is 5.41. The molecule has 10 heteroatoms. The summed E-state index contributed by atoms with van der Waals surface area (Å²) in [6, 6.07) is 0. The van der Waals surface area contributed by atoms with Crippen LogP contribution in [0.15, 0.2) is 29.3 Å². The molecule has 0 aliphatic carbocycles. The van der Waals surface area contributed by atoms with Crippen molar-refractivity contribution in [2.75, 3.05) is 58.3 Å². The zero-order chi connectivity index (χ0) is 18.6. The van der Waals surface area contributed by atoms with Crippen LogP contribution in [0.25, 0.3) is 0 Å². The molecule has 0 saturated carbocycles. The van der Waals surface area contributed by atoms with Gasteiger partial charge in [0.1, 0.15) is 5.82 Å². The number of nitriles is 1. The van der Waals surface area contributed by atoms with E-state index in [9.17, 15) is 5.26 Å². The number of aromatic nitrogens is 2. The number of rotatable bonds is 3. The van der Waals surface area contributed by atoms with E-state index in [0.29, 0.717) is 39.5 Å². The molecule has 27 heavy (non-hydrogen) atoms. The first-order valence-electron chi connectivity index (χ1n) is 8.97. The summed E-state index contributed by atoms with van der Waals surface area (Å²) >= 11 is 0. The number of ether oxygens (including phenoxy) is 2. The van der Waals surface area contributed by atoms with Gasteiger partial charge in [0.2, 0.25) is 5.95 Å². The van der Waals surface area contributed by atoms with Gasteiger partial charge < -0.3 is 20.1 Å². The summed E-state index contributed by atoms with van der Waals surface area (Å²) in [4.78, 5) is 19.0. The SMILES string of the molecule is N#CN1C(N2CCOCC2)=CC(c2cnc(N)nc2)=NC1N1CCOCC1. The van der Waals surface area contributed by atoms with Crippen molar-refractivity contribution in [2.45, 2.75) is 6.29 Å². The molecule has 0 radical (unpaired) electrons. The highest BCUT2D eigenvalue weighted by Gasteiger charge is 2.34. The average Bonchev–Trinajstić information content (AvgIpc) is 2.74. The van der Waals surface area contributed by atoms with Gasteiger partial charge in [0, 0.05) is 50.2 Å². The Morgan fingerprint density at radius 3 is 2.30 bits per heavy atom. The van der Waals surface area contributed by atoms with Gasteiger partial charge in [-0.25, -0.2) is 19.9 Å². The molecule has 2 N–H and O–H groups in total. The summed E-state index contributed by atoms with van der Waals surface area (Å²) in [7, 11) is 0. The maximum Gasteiger partial charge on any atom is 0.219 e. The first-order chi connectivity index (χ1) is 13.3. The average molecular weight is 370 g/mol. The van der Waals surface area contributed by atoms with Crippen LogP contribution >= 0.6 is 0 Å². The maximum atomic E-state index is 9.90. The highest BCUT2D eigenvalue weighted by atomic mass is 16.5. The summed E-state index contributed by atoms with van der Waals surface area (Å²) in [6.07, 6.45) is 7.14. The van der Waals surface area contributed by atoms with Crippen LogP contribution in [-0.4, -0.2) is 89.3 Å². The van der Waals surface area contributed by atoms with E-state index >= 15 is 0 Å². The molecule has 0 aromatic carbocycles. The molecular weight excluding hydrogens is 348 g/mol. The van der Waals surface area contributed by atoms with Crippen LogP contribution in [0, 0.1) is 11.5 Å². The highest BCUT2D eigenvalue weighted by molar-refractivity contribution is 6.09. The van der Waals surface area contributed by atoms with E-state index in [1.165, 1.54) is 0 Å². The molecule has 10 nitrogen and oxygen atoms in total. The second-order valence-electron chi connectivity index (χ2n) is 6.41. The van der Waals surface area contributed by atoms with Crippen molar-refractivity contribution in [3.63, 3.8) is 0 Å². The van der Waals surface area contributed by atoms with E-state index in [-0.39, 0.29) is 5.95 Å². The van der Waals surface area contributed by atoms with Gasteiger partial charge >= 0.3 is 0 Å². The van der Waals surface area contributed by atoms with Gasteiger partial charge in [-0.2, -0.15) is 5.26 Å². The third-order valence-corrected chi connectivity index (χ3v) is 4.78. The Morgan fingerprint density at radius 1 is 1.04 bits per heavy atom. The molecular formula is C17H22N8O2. The van der Waals surface area contributed by atoms with Gasteiger partial charge in [0.15, 0.2) is 12.5 Å². The van der Waals surface area contributed by atoms with Crippen molar-refractivity contribution in [1.82, 2.24) is 24.7 Å². The van der Waals surface area contributed by atoms with Crippen LogP contribution in [0.5, 0.6) is 0 Å². The number of hydrogen-bond donors (Lipinski definition) is 1. The maximum absolute atomic E-state index is 9.90. The van der Waals surface area contributed by atoms with Crippen LogP contribution in [0.1, 0.15) is 5.56 Å². The normalized spacial score (nSPS) is 24.2. The van der Waals surface area contributed by atoms with E-state index in [0.717, 1.165) is 30.2 Å². The Balaban J connectivity index is 1.72. The third kappa shape index (κ3) is 3.71. The molecule has 2 fully saturated rings. The zero-order valence-electron chi connectivity index (χ0n) is 15.0. The standard InChI is InChI=1S/C17H22N8O2/c18-12-25-15(23-1-5-26-6-2-23)9-14(13-10-20-16(19)21-11-13)22-17(25)24-3-7-27-8-4-24/h9-11,17H,1-8H2,(H2,19,20,21). The molecule has 1 unspecified atom stereocenters. The zero-order valence-corrected chi connectivity index (χ0v) is 15.0. The number of morpholine rings is 2. The first kappa shape index (κ1) is 17.7. The molecule has 0 bridgehead atoms. The van der Waals surface area contributed by atoms with E-state index in [1.807, 2.05) is 6.08 Å². The number of allylic oxidation sites excluding steroid dienone is 1. The lowest BCUT2D eigenvalue weighted by Crippen LogP contribution is -2.54. The van der Waals surface area contributed by atoms with Crippen molar-refractivity contribution in [3.05, 3.63) is 29.9 Å². The largest absolute Gasteiger partial charge is 0.379 e. The molecule has 1 aromatic heterocycles. The molecule has 1 atom stereocenters. The lowest BCUT2D eigenvalue weighted by atomic mass is 10.1. The van der Waals surface area contributed by atoms with E-state index in [2.05, 4.69) is 26.0 Å². The van der Waals surface area contributed by atoms with Crippen LogP contribution in [0.3, 0.4) is 0 Å². The number of hydrogen-bond acceptors (Lipinski definition) is 10. The molecule has 2 saturated heterocycles. The minimum absolute atomic E-state index is 0.218. The highest BCUT2D eigenvalue weighted by Crippen LogP contribution is 2.25. The topological polar surface area (TPSA) is 116 Å². The van der Waals surface area contributed by atoms with Gasteiger partial charge in [0.05, 0.1) is 32.1 Å². The van der Waals surface area contributed by atoms with Crippen LogP contribution in [-0.2, 0) is 9.47 Å². The predicted molar refractivity (Wildman–Crippen MR) is 97.1 cm³/mol. The number of nitrogens with zero attached hydrogens (tertiary/aromatic N) is 7. The minimum atomic E-state index is -0.422. The van der Waals surface area contributed by atoms with Gasteiger partial charge in [-0.1, -0.05) is 0 Å². The molecule has 3 aliphatic heterocycles. The van der Waals surface area contributed by atoms with Crippen molar-refractivity contribution < 1.29 is 9.47 Å². The van der Waals surface area contributed by atoms with Gasteiger partial charge in [0.25, 0.3) is 0 Å². The summed E-state index contributed by atoms with van der Waals surface area (Å²) < 4.78 is 10.9.